The summed E-state index contributed by atoms with van der Waals surface area (Å²) in [5.41, 5.74) is 8.32. The van der Waals surface area contributed by atoms with Gasteiger partial charge in [0, 0.05) is 30.9 Å². The number of nitrogens with one attached hydrogen (secondary N) is 2. The molecule has 1 heterocycles. The van der Waals surface area contributed by atoms with Crippen LogP contribution in [-0.4, -0.2) is 42.9 Å². The molecule has 0 radical (unpaired) electrons. The van der Waals surface area contributed by atoms with Crippen LogP contribution in [0.1, 0.15) is 12.5 Å². The van der Waals surface area contributed by atoms with Crippen LogP contribution in [0.25, 0.3) is 11.1 Å². The fourth-order valence-corrected chi connectivity index (χ4v) is 3.15. The SMILES string of the molecule is CC(=O)NC[C@H]1CN(c2ccc(-c3ccc(CN/C=C(\N)CO)cc3)c(F)c2)C(=O)O1. The second-order valence-corrected chi connectivity index (χ2v) is 7.17. The Bertz CT molecular complexity index is 978. The Kier molecular flexibility index (Phi) is 7.09. The quantitative estimate of drug-likeness (QED) is 0.510. The molecule has 31 heavy (non-hydrogen) atoms. The highest BCUT2D eigenvalue weighted by Gasteiger charge is 2.32. The number of cyclic esters (lactones) is 1. The molecule has 9 heteroatoms. The molecule has 0 spiro atoms. The number of nitrogens with zero attached hydrogens (tertiary/aromatic N) is 1. The molecule has 2 aromatic carbocycles. The van der Waals surface area contributed by atoms with Crippen LogP contribution < -0.4 is 21.3 Å². The molecule has 2 amide bonds. The van der Waals surface area contributed by atoms with E-state index in [1.165, 1.54) is 24.1 Å². The summed E-state index contributed by atoms with van der Waals surface area (Å²) in [6, 6.07) is 11.9. The molecule has 0 unspecified atom stereocenters. The average molecular weight is 428 g/mol. The van der Waals surface area contributed by atoms with Crippen LogP contribution in [0.15, 0.2) is 54.4 Å². The van der Waals surface area contributed by atoms with Crippen LogP contribution in [0.5, 0.6) is 0 Å². The van der Waals surface area contributed by atoms with Gasteiger partial charge < -0.3 is 26.2 Å². The standard InChI is InChI=1S/C22H25FN4O4/c1-14(29)26-11-19-12-27(22(30)31-19)18-6-7-20(21(23)8-18)16-4-2-15(3-5-16)9-25-10-17(24)13-28/h2-8,10,19,25,28H,9,11-13,24H2,1H3,(H,26,29)/b17-10-/t19-/m0/s1. The van der Waals surface area contributed by atoms with Gasteiger partial charge in [0.05, 0.1) is 25.4 Å². The van der Waals surface area contributed by atoms with Gasteiger partial charge in [0.2, 0.25) is 5.91 Å². The first-order chi connectivity index (χ1) is 14.9. The van der Waals surface area contributed by atoms with E-state index in [2.05, 4.69) is 10.6 Å². The molecule has 164 valence electrons. The van der Waals surface area contributed by atoms with Crippen molar-refractivity contribution in [1.29, 1.82) is 0 Å². The third-order valence-corrected chi connectivity index (χ3v) is 4.76. The van der Waals surface area contributed by atoms with Gasteiger partial charge in [-0.05, 0) is 29.3 Å². The highest BCUT2D eigenvalue weighted by atomic mass is 19.1. The number of benzene rings is 2. The number of hydrogen-bond acceptors (Lipinski definition) is 6. The molecule has 1 aliphatic heterocycles. The van der Waals surface area contributed by atoms with Crippen LogP contribution in [0, 0.1) is 5.82 Å². The van der Waals surface area contributed by atoms with E-state index in [1.807, 2.05) is 24.3 Å². The van der Waals surface area contributed by atoms with Gasteiger partial charge in [-0.1, -0.05) is 24.3 Å². The third kappa shape index (κ3) is 5.73. The fourth-order valence-electron chi connectivity index (χ4n) is 3.15. The molecule has 1 fully saturated rings. The number of carbonyl (C=O) groups excluding carboxylic acids is 2. The lowest BCUT2D eigenvalue weighted by Crippen LogP contribution is -2.33. The van der Waals surface area contributed by atoms with Crippen LogP contribution in [0.3, 0.4) is 0 Å². The van der Waals surface area contributed by atoms with Crippen LogP contribution in [0.2, 0.25) is 0 Å². The van der Waals surface area contributed by atoms with E-state index in [4.69, 9.17) is 15.6 Å². The summed E-state index contributed by atoms with van der Waals surface area (Å²) in [4.78, 5) is 24.5. The van der Waals surface area contributed by atoms with Crippen LogP contribution >= 0.6 is 0 Å². The first kappa shape index (κ1) is 22.1. The number of nitrogens with two attached hydrogens (primary N) is 1. The molecule has 5 N–H and O–H groups in total. The molecular formula is C22H25FN4O4. The lowest BCUT2D eigenvalue weighted by molar-refractivity contribution is -0.119. The Morgan fingerprint density at radius 2 is 2.06 bits per heavy atom. The van der Waals surface area contributed by atoms with Crippen molar-refractivity contribution >= 4 is 17.7 Å². The maximum atomic E-state index is 14.8. The van der Waals surface area contributed by atoms with Crippen molar-refractivity contribution in [3.05, 3.63) is 65.7 Å². The van der Waals surface area contributed by atoms with Gasteiger partial charge in [0.1, 0.15) is 11.9 Å². The Hall–Kier alpha value is -3.59. The van der Waals surface area contributed by atoms with Crippen molar-refractivity contribution in [3.63, 3.8) is 0 Å². The van der Waals surface area contributed by atoms with E-state index in [0.29, 0.717) is 29.1 Å². The Morgan fingerprint density at radius 3 is 2.71 bits per heavy atom. The van der Waals surface area contributed by atoms with Gasteiger partial charge in [-0.2, -0.15) is 0 Å². The first-order valence-electron chi connectivity index (χ1n) is 9.77. The molecule has 0 aromatic heterocycles. The van der Waals surface area contributed by atoms with Crippen molar-refractivity contribution in [2.45, 2.75) is 19.6 Å². The van der Waals surface area contributed by atoms with Gasteiger partial charge in [0.15, 0.2) is 0 Å². The van der Waals surface area contributed by atoms with Gasteiger partial charge in [-0.15, -0.1) is 0 Å². The summed E-state index contributed by atoms with van der Waals surface area (Å²) in [6.45, 7) is 2.12. The van der Waals surface area contributed by atoms with Crippen molar-refractivity contribution in [2.24, 2.45) is 5.73 Å². The number of aliphatic hydroxyl groups is 1. The van der Waals surface area contributed by atoms with Crippen molar-refractivity contribution in [3.8, 4) is 11.1 Å². The van der Waals surface area contributed by atoms with E-state index >= 15 is 0 Å². The van der Waals surface area contributed by atoms with Crippen molar-refractivity contribution in [2.75, 3.05) is 24.6 Å². The van der Waals surface area contributed by atoms with Crippen LogP contribution in [0.4, 0.5) is 14.9 Å². The van der Waals surface area contributed by atoms with Crippen molar-refractivity contribution in [1.82, 2.24) is 10.6 Å². The van der Waals surface area contributed by atoms with Gasteiger partial charge in [-0.25, -0.2) is 9.18 Å². The zero-order valence-electron chi connectivity index (χ0n) is 17.1. The predicted molar refractivity (Wildman–Crippen MR) is 114 cm³/mol. The summed E-state index contributed by atoms with van der Waals surface area (Å²) in [6.07, 6.45) is 0.481. The van der Waals surface area contributed by atoms with E-state index in [-0.39, 0.29) is 25.6 Å². The smallest absolute Gasteiger partial charge is 0.414 e. The molecular weight excluding hydrogens is 403 g/mol. The van der Waals surface area contributed by atoms with Gasteiger partial charge >= 0.3 is 6.09 Å². The van der Waals surface area contributed by atoms with E-state index < -0.39 is 18.0 Å². The monoisotopic (exact) mass is 428 g/mol. The third-order valence-electron chi connectivity index (χ3n) is 4.76. The lowest BCUT2D eigenvalue weighted by atomic mass is 10.0. The summed E-state index contributed by atoms with van der Waals surface area (Å²) >= 11 is 0. The van der Waals surface area contributed by atoms with Crippen LogP contribution in [-0.2, 0) is 16.1 Å². The molecule has 2 aromatic rings. The second kappa shape index (κ2) is 9.94. The minimum Gasteiger partial charge on any atom is -0.442 e. The molecule has 8 nitrogen and oxygen atoms in total. The first-order valence-corrected chi connectivity index (χ1v) is 9.77. The van der Waals surface area contributed by atoms with Gasteiger partial charge in [-0.3, -0.25) is 9.69 Å². The summed E-state index contributed by atoms with van der Waals surface area (Å²) < 4.78 is 20.0. The lowest BCUT2D eigenvalue weighted by Gasteiger charge is -2.15. The number of aliphatic hydroxyl groups excluding tert-OH is 1. The summed E-state index contributed by atoms with van der Waals surface area (Å²) in [7, 11) is 0. The number of amides is 2. The average Bonchev–Trinajstić information content (AvgIpc) is 3.13. The topological polar surface area (TPSA) is 117 Å². The van der Waals surface area contributed by atoms with Gasteiger partial charge in [0.25, 0.3) is 0 Å². The molecule has 1 aliphatic rings. The molecule has 0 saturated carbocycles. The molecule has 1 saturated heterocycles. The molecule has 3 rings (SSSR count). The number of anilines is 1. The summed E-state index contributed by atoms with van der Waals surface area (Å²) in [5.74, 6) is -0.669. The maximum Gasteiger partial charge on any atom is 0.414 e. The fraction of sp³-hybridized carbons (Fsp3) is 0.273. The van der Waals surface area contributed by atoms with Crippen molar-refractivity contribution < 1.29 is 23.8 Å². The van der Waals surface area contributed by atoms with E-state index in [0.717, 1.165) is 5.56 Å². The molecule has 0 aliphatic carbocycles. The highest BCUT2D eigenvalue weighted by molar-refractivity contribution is 5.90. The number of halogens is 1. The highest BCUT2D eigenvalue weighted by Crippen LogP contribution is 2.29. The predicted octanol–water partition coefficient (Wildman–Crippen LogP) is 1.84. The Morgan fingerprint density at radius 1 is 1.32 bits per heavy atom. The minimum absolute atomic E-state index is 0.210. The zero-order chi connectivity index (χ0) is 22.4. The maximum absolute atomic E-state index is 14.8. The normalized spacial score (nSPS) is 16.2. The molecule has 0 bridgehead atoms. The Balaban J connectivity index is 1.67. The van der Waals surface area contributed by atoms with E-state index in [9.17, 15) is 14.0 Å². The largest absolute Gasteiger partial charge is 0.442 e. The number of hydrogen-bond donors (Lipinski definition) is 4. The minimum atomic E-state index is -0.574. The Labute approximate surface area is 179 Å². The molecule has 1 atom stereocenters. The van der Waals surface area contributed by atoms with E-state index in [1.54, 1.807) is 12.1 Å². The second-order valence-electron chi connectivity index (χ2n) is 7.17. The number of carbonyl (C=O) groups is 2. The summed E-state index contributed by atoms with van der Waals surface area (Å²) in [5, 5.41) is 14.5. The number of rotatable bonds is 8. The number of ether oxygens (including phenoxy) is 1. The zero-order valence-corrected chi connectivity index (χ0v) is 17.1.